The largest absolute Gasteiger partial charge is 0.472 e. The van der Waals surface area contributed by atoms with Gasteiger partial charge in [-0.25, -0.2) is 9.13 Å². The van der Waals surface area contributed by atoms with Gasteiger partial charge >= 0.3 is 39.5 Å². The fraction of sp³-hybridized carbons (Fsp3) is 0.740. The van der Waals surface area contributed by atoms with E-state index < -0.39 is 97.5 Å². The molecular weight excluding hydrogens is 1260 g/mol. The van der Waals surface area contributed by atoms with Crippen molar-refractivity contribution in [1.29, 1.82) is 0 Å². The number of unbranched alkanes of at least 4 members (excludes halogenated alkanes) is 28. The maximum atomic E-state index is 13.1. The predicted molar refractivity (Wildman–Crippen MR) is 390 cm³/mol. The molecule has 0 amide bonds. The van der Waals surface area contributed by atoms with Crippen LogP contribution in [0.2, 0.25) is 0 Å². The first-order valence-electron chi connectivity index (χ1n) is 37.5. The summed E-state index contributed by atoms with van der Waals surface area (Å²) in [6.45, 7) is 4.56. The summed E-state index contributed by atoms with van der Waals surface area (Å²) in [4.78, 5) is 72.7. The standard InChI is InChI=1S/C77H134O17P2/c1-5-9-13-17-21-25-29-32-34-35-37-40-43-46-50-54-58-62-75(80)88-68-73(94-77(82)64-60-56-52-48-44-38-31-27-23-19-15-11-7-3)70-92-96(85,86)90-66-71(78)65-89-95(83,84)91-69-72(93-76(81)63-59-55-51-47-41-28-24-20-16-12-8-4)67-87-74(79)61-57-53-49-45-42-39-36-33-30-26-22-18-14-10-6-2/h9-10,13-14,20-22,24-27,31-34,36,71-73,78H,5-8,11-12,15-19,23,28-30,35,37-70H2,1-4H3,(H,83,84)(H,85,86)/b13-9-,14-10-,24-20-,25-21-,26-22-,31-27-,34-32-,36-33-. The van der Waals surface area contributed by atoms with Gasteiger partial charge in [-0.1, -0.05) is 247 Å². The van der Waals surface area contributed by atoms with E-state index in [4.69, 9.17) is 37.0 Å². The first-order valence-corrected chi connectivity index (χ1v) is 40.5. The minimum absolute atomic E-state index is 0.0805. The van der Waals surface area contributed by atoms with Crippen molar-refractivity contribution in [3.63, 3.8) is 0 Å². The summed E-state index contributed by atoms with van der Waals surface area (Å²) in [5, 5.41) is 10.6. The number of aliphatic hydroxyl groups is 1. The van der Waals surface area contributed by atoms with Gasteiger partial charge in [-0.15, -0.1) is 0 Å². The van der Waals surface area contributed by atoms with Crippen LogP contribution in [0.3, 0.4) is 0 Å². The highest BCUT2D eigenvalue weighted by molar-refractivity contribution is 7.47. The van der Waals surface area contributed by atoms with Crippen LogP contribution in [0.15, 0.2) is 97.2 Å². The van der Waals surface area contributed by atoms with Crippen LogP contribution < -0.4 is 0 Å². The van der Waals surface area contributed by atoms with Gasteiger partial charge in [0, 0.05) is 25.7 Å². The molecule has 0 aliphatic carbocycles. The van der Waals surface area contributed by atoms with Crippen LogP contribution >= 0.6 is 15.6 Å². The molecule has 0 radical (unpaired) electrons. The minimum atomic E-state index is -4.98. The Morgan fingerprint density at radius 1 is 0.302 bits per heavy atom. The third kappa shape index (κ3) is 68.5. The molecule has 0 heterocycles. The number of esters is 4. The molecule has 0 spiro atoms. The Labute approximate surface area is 582 Å². The van der Waals surface area contributed by atoms with Crippen LogP contribution in [-0.4, -0.2) is 96.7 Å². The van der Waals surface area contributed by atoms with Gasteiger partial charge in [0.1, 0.15) is 19.3 Å². The van der Waals surface area contributed by atoms with Gasteiger partial charge in [-0.2, -0.15) is 0 Å². The zero-order valence-corrected chi connectivity index (χ0v) is 62.1. The van der Waals surface area contributed by atoms with Gasteiger partial charge in [0.2, 0.25) is 0 Å². The van der Waals surface area contributed by atoms with E-state index in [0.717, 1.165) is 193 Å². The fourth-order valence-corrected chi connectivity index (χ4v) is 11.4. The van der Waals surface area contributed by atoms with Gasteiger partial charge in [0.25, 0.3) is 0 Å². The van der Waals surface area contributed by atoms with Gasteiger partial charge in [-0.05, 0) is 135 Å². The molecule has 554 valence electrons. The molecule has 0 aromatic rings. The molecule has 0 saturated heterocycles. The number of phosphoric acid groups is 2. The predicted octanol–water partition coefficient (Wildman–Crippen LogP) is 21.2. The monoisotopic (exact) mass is 1390 g/mol. The molecular formula is C77H134O17P2. The Kier molecular flexibility index (Phi) is 66.6. The maximum Gasteiger partial charge on any atom is 0.472 e. The summed E-state index contributed by atoms with van der Waals surface area (Å²) in [6.07, 6.45) is 71.2. The van der Waals surface area contributed by atoms with E-state index in [1.807, 2.05) is 0 Å². The van der Waals surface area contributed by atoms with E-state index in [1.165, 1.54) is 38.5 Å². The number of allylic oxidation sites excluding steroid dienone is 16. The molecule has 0 aromatic carbocycles. The molecule has 0 aliphatic heterocycles. The van der Waals surface area contributed by atoms with Gasteiger partial charge in [0.05, 0.1) is 26.4 Å². The highest BCUT2D eigenvalue weighted by atomic mass is 31.2. The number of aliphatic hydroxyl groups excluding tert-OH is 1. The van der Waals surface area contributed by atoms with Crippen LogP contribution in [0.5, 0.6) is 0 Å². The zero-order chi connectivity index (χ0) is 70.4. The Balaban J connectivity index is 5.32. The SMILES string of the molecule is CC/C=C\C/C=C\C/C=C\CCCCCCCCCC(=O)OCC(COP(=O)(O)OCC(O)COP(=O)(O)OCC(COC(=O)CCCCCCC/C=C\C/C=C\C/C=C\CC)OC(=O)CCCCCCC/C=C\CCCC)OC(=O)CCCCCCC/C=C\CCCCCC. The number of rotatable bonds is 70. The lowest BCUT2D eigenvalue weighted by atomic mass is 10.1. The van der Waals surface area contributed by atoms with Crippen LogP contribution in [0.1, 0.15) is 310 Å². The van der Waals surface area contributed by atoms with Crippen molar-refractivity contribution in [2.75, 3.05) is 39.6 Å². The van der Waals surface area contributed by atoms with Crippen molar-refractivity contribution in [2.45, 2.75) is 329 Å². The summed E-state index contributed by atoms with van der Waals surface area (Å²) >= 11 is 0. The quantitative estimate of drug-likeness (QED) is 0.0169. The summed E-state index contributed by atoms with van der Waals surface area (Å²) in [5.74, 6) is -2.21. The Morgan fingerprint density at radius 2 is 0.552 bits per heavy atom. The summed E-state index contributed by atoms with van der Waals surface area (Å²) in [6, 6.07) is 0. The van der Waals surface area contributed by atoms with Crippen LogP contribution in [0, 0.1) is 0 Å². The maximum absolute atomic E-state index is 13.1. The van der Waals surface area contributed by atoms with Crippen LogP contribution in [0.25, 0.3) is 0 Å². The lowest BCUT2D eigenvalue weighted by Crippen LogP contribution is -2.30. The molecule has 3 N–H and O–H groups in total. The highest BCUT2D eigenvalue weighted by Gasteiger charge is 2.30. The molecule has 0 aromatic heterocycles. The van der Waals surface area contributed by atoms with Crippen molar-refractivity contribution in [1.82, 2.24) is 0 Å². The average molecular weight is 1390 g/mol. The van der Waals surface area contributed by atoms with E-state index in [1.54, 1.807) is 0 Å². The van der Waals surface area contributed by atoms with Crippen LogP contribution in [0.4, 0.5) is 0 Å². The second kappa shape index (κ2) is 69.5. The molecule has 0 bridgehead atoms. The highest BCUT2D eigenvalue weighted by Crippen LogP contribution is 2.45. The third-order valence-electron chi connectivity index (χ3n) is 15.5. The Morgan fingerprint density at radius 3 is 0.875 bits per heavy atom. The van der Waals surface area contributed by atoms with Crippen molar-refractivity contribution >= 4 is 39.5 Å². The molecule has 5 unspecified atom stereocenters. The van der Waals surface area contributed by atoms with E-state index >= 15 is 0 Å². The molecule has 17 nitrogen and oxygen atoms in total. The summed E-state index contributed by atoms with van der Waals surface area (Å²) in [7, 11) is -9.95. The lowest BCUT2D eigenvalue weighted by Gasteiger charge is -2.21. The minimum Gasteiger partial charge on any atom is -0.462 e. The first kappa shape index (κ1) is 92.0. The van der Waals surface area contributed by atoms with Crippen LogP contribution in [-0.2, 0) is 65.4 Å². The van der Waals surface area contributed by atoms with Crippen molar-refractivity contribution in [3.8, 4) is 0 Å². The number of carbonyl (C=O) groups excluding carboxylic acids is 4. The number of carbonyl (C=O) groups is 4. The normalized spacial score (nSPS) is 14.5. The molecule has 0 fully saturated rings. The summed E-state index contributed by atoms with van der Waals surface area (Å²) < 4.78 is 68.4. The fourth-order valence-electron chi connectivity index (χ4n) is 9.81. The van der Waals surface area contributed by atoms with Gasteiger partial charge in [-0.3, -0.25) is 37.3 Å². The van der Waals surface area contributed by atoms with Gasteiger partial charge in [0.15, 0.2) is 12.2 Å². The summed E-state index contributed by atoms with van der Waals surface area (Å²) in [5.41, 5.74) is 0. The number of ether oxygens (including phenoxy) is 4. The molecule has 5 atom stereocenters. The lowest BCUT2D eigenvalue weighted by molar-refractivity contribution is -0.161. The Hall–Kier alpha value is -4.02. The topological polar surface area (TPSA) is 237 Å². The molecule has 0 saturated carbocycles. The zero-order valence-electron chi connectivity index (χ0n) is 60.3. The second-order valence-corrected chi connectivity index (χ2v) is 27.7. The smallest absolute Gasteiger partial charge is 0.462 e. The van der Waals surface area contributed by atoms with Crippen molar-refractivity contribution in [3.05, 3.63) is 97.2 Å². The van der Waals surface area contributed by atoms with Crippen molar-refractivity contribution < 1.29 is 80.2 Å². The number of phosphoric ester groups is 2. The van der Waals surface area contributed by atoms with E-state index in [9.17, 15) is 43.2 Å². The Bertz CT molecular complexity index is 2200. The number of hydrogen-bond donors (Lipinski definition) is 3. The molecule has 96 heavy (non-hydrogen) atoms. The molecule has 0 rings (SSSR count). The second-order valence-electron chi connectivity index (χ2n) is 24.8. The number of hydrogen-bond acceptors (Lipinski definition) is 15. The molecule has 0 aliphatic rings. The third-order valence-corrected chi connectivity index (χ3v) is 17.4. The van der Waals surface area contributed by atoms with E-state index in [-0.39, 0.29) is 25.7 Å². The molecule has 19 heteroatoms. The van der Waals surface area contributed by atoms with E-state index in [0.29, 0.717) is 25.7 Å². The van der Waals surface area contributed by atoms with Gasteiger partial charge < -0.3 is 33.8 Å². The van der Waals surface area contributed by atoms with E-state index in [2.05, 4.69) is 125 Å². The average Bonchev–Trinajstić information content (AvgIpc) is 1.17. The first-order chi connectivity index (χ1) is 46.7. The van der Waals surface area contributed by atoms with Crippen molar-refractivity contribution in [2.24, 2.45) is 0 Å².